The van der Waals surface area contributed by atoms with Gasteiger partial charge in [0.05, 0.1) is 0 Å². The molecule has 0 aliphatic heterocycles. The van der Waals surface area contributed by atoms with Gasteiger partial charge < -0.3 is 15.2 Å². The maximum absolute atomic E-state index is 9.92. The first-order valence-electron chi connectivity index (χ1n) is 8.05. The summed E-state index contributed by atoms with van der Waals surface area (Å²) < 4.78 is 5.55. The van der Waals surface area contributed by atoms with Gasteiger partial charge in [-0.1, -0.05) is 53.6 Å². The van der Waals surface area contributed by atoms with E-state index in [4.69, 9.17) is 16.3 Å². The Labute approximate surface area is 148 Å². The average molecular weight is 346 g/mol. The Kier molecular flexibility index (Phi) is 7.32. The fourth-order valence-electron chi connectivity index (χ4n) is 2.19. The molecule has 2 aromatic carbocycles. The smallest absolute Gasteiger partial charge is 0.119 e. The topological polar surface area (TPSA) is 41.5 Å². The van der Waals surface area contributed by atoms with Crippen molar-refractivity contribution in [2.75, 3.05) is 19.7 Å². The van der Waals surface area contributed by atoms with Crippen LogP contribution in [0.25, 0.3) is 6.08 Å². The van der Waals surface area contributed by atoms with E-state index in [9.17, 15) is 5.11 Å². The van der Waals surface area contributed by atoms with Crippen molar-refractivity contribution in [3.8, 4) is 5.75 Å². The third kappa shape index (κ3) is 6.36. The van der Waals surface area contributed by atoms with E-state index in [1.165, 1.54) is 5.56 Å². The van der Waals surface area contributed by atoms with Crippen LogP contribution in [0.15, 0.2) is 48.5 Å². The SMILES string of the molecule is Cc1ccc(OCC(O)CNC/C=C/c2ccc(Cl)c(C)c2)cc1. The number of aryl methyl sites for hydroxylation is 2. The fraction of sp³-hybridized carbons (Fsp3) is 0.300. The van der Waals surface area contributed by atoms with Crippen molar-refractivity contribution in [2.45, 2.75) is 20.0 Å². The molecular formula is C20H24ClNO2. The molecule has 2 aromatic rings. The number of halogens is 1. The second-order valence-corrected chi connectivity index (χ2v) is 6.25. The summed E-state index contributed by atoms with van der Waals surface area (Å²) in [6, 6.07) is 13.7. The fourth-order valence-corrected chi connectivity index (χ4v) is 2.30. The highest BCUT2D eigenvalue weighted by atomic mass is 35.5. The summed E-state index contributed by atoms with van der Waals surface area (Å²) in [6.07, 6.45) is 3.51. The highest BCUT2D eigenvalue weighted by molar-refractivity contribution is 6.31. The molecule has 0 saturated heterocycles. The van der Waals surface area contributed by atoms with Crippen LogP contribution in [0.1, 0.15) is 16.7 Å². The Morgan fingerprint density at radius 3 is 2.62 bits per heavy atom. The Morgan fingerprint density at radius 2 is 1.92 bits per heavy atom. The molecule has 4 heteroatoms. The van der Waals surface area contributed by atoms with Gasteiger partial charge in [-0.25, -0.2) is 0 Å². The number of nitrogens with one attached hydrogen (secondary N) is 1. The van der Waals surface area contributed by atoms with Gasteiger partial charge in [0.1, 0.15) is 18.5 Å². The molecular weight excluding hydrogens is 322 g/mol. The predicted octanol–water partition coefficient (Wildman–Crippen LogP) is 4.00. The number of benzene rings is 2. The van der Waals surface area contributed by atoms with Gasteiger partial charge in [0.25, 0.3) is 0 Å². The highest BCUT2D eigenvalue weighted by Crippen LogP contribution is 2.16. The molecule has 128 valence electrons. The van der Waals surface area contributed by atoms with E-state index in [-0.39, 0.29) is 6.61 Å². The molecule has 2 N–H and O–H groups in total. The van der Waals surface area contributed by atoms with Crippen LogP contribution in [0.5, 0.6) is 5.75 Å². The van der Waals surface area contributed by atoms with E-state index < -0.39 is 6.10 Å². The van der Waals surface area contributed by atoms with E-state index in [1.807, 2.05) is 68.5 Å². The molecule has 2 rings (SSSR count). The third-order valence-corrected chi connectivity index (χ3v) is 4.02. The molecule has 3 nitrogen and oxygen atoms in total. The third-order valence-electron chi connectivity index (χ3n) is 3.60. The van der Waals surface area contributed by atoms with Crippen LogP contribution in [-0.4, -0.2) is 30.9 Å². The summed E-state index contributed by atoms with van der Waals surface area (Å²) in [4.78, 5) is 0. The molecule has 0 aliphatic carbocycles. The second-order valence-electron chi connectivity index (χ2n) is 5.85. The lowest BCUT2D eigenvalue weighted by Crippen LogP contribution is -2.31. The zero-order chi connectivity index (χ0) is 17.4. The molecule has 0 aromatic heterocycles. The van der Waals surface area contributed by atoms with Gasteiger partial charge >= 0.3 is 0 Å². The predicted molar refractivity (Wildman–Crippen MR) is 101 cm³/mol. The Hall–Kier alpha value is -1.81. The van der Waals surface area contributed by atoms with Gasteiger partial charge in [-0.05, 0) is 43.2 Å². The first-order chi connectivity index (χ1) is 11.5. The minimum absolute atomic E-state index is 0.274. The zero-order valence-electron chi connectivity index (χ0n) is 14.1. The van der Waals surface area contributed by atoms with E-state index in [2.05, 4.69) is 5.32 Å². The lowest BCUT2D eigenvalue weighted by Gasteiger charge is -2.12. The monoisotopic (exact) mass is 345 g/mol. The van der Waals surface area contributed by atoms with E-state index in [0.29, 0.717) is 13.1 Å². The van der Waals surface area contributed by atoms with Crippen molar-refractivity contribution in [1.29, 1.82) is 0 Å². The van der Waals surface area contributed by atoms with Crippen LogP contribution in [-0.2, 0) is 0 Å². The molecule has 0 fully saturated rings. The first kappa shape index (κ1) is 18.5. The molecule has 0 heterocycles. The van der Waals surface area contributed by atoms with Gasteiger partial charge in [-0.15, -0.1) is 0 Å². The van der Waals surface area contributed by atoms with Crippen molar-refractivity contribution in [2.24, 2.45) is 0 Å². The number of rotatable bonds is 8. The van der Waals surface area contributed by atoms with Gasteiger partial charge in [0.15, 0.2) is 0 Å². The Balaban J connectivity index is 1.65. The second kappa shape index (κ2) is 9.48. The zero-order valence-corrected chi connectivity index (χ0v) is 14.9. The van der Waals surface area contributed by atoms with Crippen LogP contribution in [0, 0.1) is 13.8 Å². The quantitative estimate of drug-likeness (QED) is 0.710. The molecule has 0 spiro atoms. The average Bonchev–Trinajstić information content (AvgIpc) is 2.57. The van der Waals surface area contributed by atoms with Gasteiger partial charge in [-0.3, -0.25) is 0 Å². The molecule has 0 bridgehead atoms. The highest BCUT2D eigenvalue weighted by Gasteiger charge is 2.04. The molecule has 0 saturated carbocycles. The number of ether oxygens (including phenoxy) is 1. The maximum atomic E-state index is 9.92. The number of hydrogen-bond donors (Lipinski definition) is 2. The Morgan fingerprint density at radius 1 is 1.17 bits per heavy atom. The van der Waals surface area contributed by atoms with Crippen molar-refractivity contribution in [3.63, 3.8) is 0 Å². The van der Waals surface area contributed by atoms with Crippen LogP contribution in [0.3, 0.4) is 0 Å². The van der Waals surface area contributed by atoms with E-state index >= 15 is 0 Å². The van der Waals surface area contributed by atoms with Gasteiger partial charge in [0, 0.05) is 18.1 Å². The molecule has 0 amide bonds. The number of aliphatic hydroxyl groups excluding tert-OH is 1. The summed E-state index contributed by atoms with van der Waals surface area (Å²) in [5.41, 5.74) is 3.37. The standard InChI is InChI=1S/C20H24ClNO2/c1-15-5-8-19(9-6-15)24-14-18(23)13-22-11-3-4-17-7-10-20(21)16(2)12-17/h3-10,12,18,22-23H,11,13-14H2,1-2H3/b4-3+. The first-order valence-corrected chi connectivity index (χ1v) is 8.43. The largest absolute Gasteiger partial charge is 0.491 e. The lowest BCUT2D eigenvalue weighted by molar-refractivity contribution is 0.107. The number of aliphatic hydroxyl groups is 1. The summed E-state index contributed by atoms with van der Waals surface area (Å²) in [7, 11) is 0. The van der Waals surface area contributed by atoms with Crippen LogP contribution >= 0.6 is 11.6 Å². The normalized spacial score (nSPS) is 12.5. The van der Waals surface area contributed by atoms with Crippen molar-refractivity contribution < 1.29 is 9.84 Å². The molecule has 0 aliphatic rings. The summed E-state index contributed by atoms with van der Waals surface area (Å²) in [6.45, 7) is 5.46. The van der Waals surface area contributed by atoms with Crippen LogP contribution < -0.4 is 10.1 Å². The summed E-state index contributed by atoms with van der Waals surface area (Å²) in [5.74, 6) is 0.776. The van der Waals surface area contributed by atoms with Crippen LogP contribution in [0.2, 0.25) is 5.02 Å². The maximum Gasteiger partial charge on any atom is 0.119 e. The summed E-state index contributed by atoms with van der Waals surface area (Å²) >= 11 is 6.00. The molecule has 0 radical (unpaired) electrons. The molecule has 1 atom stereocenters. The minimum Gasteiger partial charge on any atom is -0.491 e. The van der Waals surface area contributed by atoms with Crippen molar-refractivity contribution in [1.82, 2.24) is 5.32 Å². The molecule has 1 unspecified atom stereocenters. The van der Waals surface area contributed by atoms with Crippen molar-refractivity contribution >= 4 is 17.7 Å². The lowest BCUT2D eigenvalue weighted by atomic mass is 10.1. The van der Waals surface area contributed by atoms with Gasteiger partial charge in [0.2, 0.25) is 0 Å². The Bertz CT molecular complexity index is 668. The summed E-state index contributed by atoms with van der Waals surface area (Å²) in [5, 5.41) is 13.9. The number of hydrogen-bond acceptors (Lipinski definition) is 3. The van der Waals surface area contributed by atoms with E-state index in [0.717, 1.165) is 21.9 Å². The van der Waals surface area contributed by atoms with Crippen LogP contribution in [0.4, 0.5) is 0 Å². The van der Waals surface area contributed by atoms with Gasteiger partial charge in [-0.2, -0.15) is 0 Å². The minimum atomic E-state index is -0.544. The molecule has 24 heavy (non-hydrogen) atoms. The van der Waals surface area contributed by atoms with E-state index in [1.54, 1.807) is 0 Å². The van der Waals surface area contributed by atoms with Crippen molar-refractivity contribution in [3.05, 3.63) is 70.3 Å².